The number of pyridine rings is 2. The summed E-state index contributed by atoms with van der Waals surface area (Å²) in [4.78, 5) is 13.0. The van der Waals surface area contributed by atoms with Crippen molar-refractivity contribution in [1.82, 2.24) is 30.2 Å². The van der Waals surface area contributed by atoms with E-state index in [4.69, 9.17) is 0 Å². The number of benzene rings is 2. The lowest BCUT2D eigenvalue weighted by atomic mass is 9.80. The van der Waals surface area contributed by atoms with Gasteiger partial charge in [-0.05, 0) is 72.3 Å². The molecule has 7 rings (SSSR count). The van der Waals surface area contributed by atoms with Crippen LogP contribution in [-0.4, -0.2) is 66.6 Å². The molecule has 2 N–H and O–H groups in total. The Labute approximate surface area is 262 Å². The third kappa shape index (κ3) is 5.05. The smallest absolute Gasteiger partial charge is 0.323 e. The fraction of sp³-hybridized carbons (Fsp3) is 0.303. The van der Waals surface area contributed by atoms with Gasteiger partial charge in [0.2, 0.25) is 0 Å². The average Bonchev–Trinajstić information content (AvgIpc) is 3.53. The Hall–Kier alpha value is -4.88. The largest absolute Gasteiger partial charge is 0.384 e. The van der Waals surface area contributed by atoms with Crippen molar-refractivity contribution >= 4 is 11.4 Å². The molecule has 0 bridgehead atoms. The second-order valence-electron chi connectivity index (χ2n) is 12.2. The van der Waals surface area contributed by atoms with Crippen molar-refractivity contribution in [2.45, 2.75) is 37.5 Å². The zero-order valence-electron chi connectivity index (χ0n) is 25.1. The van der Waals surface area contributed by atoms with E-state index < -0.39 is 35.2 Å². The SMILES string of the molecule is CC(C)(O)c1ccc(N2CCN(c3ccc(-c4ccc(C(F)(F)[C@]5(O)Cn6nnnc6-c6cc(F)ccc65)nc4)cc3)CC2)cn1. The molecule has 2 aliphatic heterocycles. The summed E-state index contributed by atoms with van der Waals surface area (Å²) in [6.45, 7) is 6.03. The van der Waals surface area contributed by atoms with Crippen LogP contribution in [0.5, 0.6) is 0 Å². The van der Waals surface area contributed by atoms with Gasteiger partial charge >= 0.3 is 5.92 Å². The van der Waals surface area contributed by atoms with Crippen LogP contribution in [-0.2, 0) is 23.7 Å². The maximum Gasteiger partial charge on any atom is 0.323 e. The highest BCUT2D eigenvalue weighted by atomic mass is 19.3. The fourth-order valence-electron chi connectivity index (χ4n) is 6.12. The molecule has 0 unspecified atom stereocenters. The van der Waals surface area contributed by atoms with Crippen molar-refractivity contribution in [1.29, 1.82) is 0 Å². The third-order valence-electron chi connectivity index (χ3n) is 8.77. The molecule has 1 fully saturated rings. The number of alkyl halides is 2. The molecule has 1 atom stereocenters. The lowest BCUT2D eigenvalue weighted by molar-refractivity contribution is -0.207. The number of piperazine rings is 1. The van der Waals surface area contributed by atoms with Gasteiger partial charge in [0.25, 0.3) is 0 Å². The van der Waals surface area contributed by atoms with Gasteiger partial charge in [0, 0.05) is 54.8 Å². The van der Waals surface area contributed by atoms with Gasteiger partial charge in [-0.3, -0.25) is 9.97 Å². The van der Waals surface area contributed by atoms with Crippen LogP contribution in [0.1, 0.15) is 30.8 Å². The summed E-state index contributed by atoms with van der Waals surface area (Å²) in [5.74, 6) is -4.43. The topological polar surface area (TPSA) is 116 Å². The van der Waals surface area contributed by atoms with Crippen molar-refractivity contribution in [3.63, 3.8) is 0 Å². The molecule has 2 aromatic carbocycles. The Morgan fingerprint density at radius 1 is 0.783 bits per heavy atom. The molecule has 46 heavy (non-hydrogen) atoms. The van der Waals surface area contributed by atoms with Crippen LogP contribution in [0.3, 0.4) is 0 Å². The van der Waals surface area contributed by atoms with E-state index in [0.29, 0.717) is 11.3 Å². The maximum absolute atomic E-state index is 16.1. The highest BCUT2D eigenvalue weighted by molar-refractivity contribution is 5.67. The van der Waals surface area contributed by atoms with Crippen molar-refractivity contribution in [3.8, 4) is 22.5 Å². The molecule has 0 amide bonds. The predicted octanol–water partition coefficient (Wildman–Crippen LogP) is 4.48. The highest BCUT2D eigenvalue weighted by Crippen LogP contribution is 2.50. The standard InChI is InChI=1S/C33H31F3N8O2/c1-31(2,45)28-12-9-25(19-38-28)43-15-13-42(14-16-43)24-7-3-21(4-8-24)22-5-11-29(37-18-22)33(35,36)32(46)20-44-30(39-40-41-44)26-17-23(34)6-10-27(26)32/h3-12,17-19,45-46H,13-16,20H2,1-2H3/t32-/m0/s1. The minimum absolute atomic E-state index is 0.00520. The number of tetrazole rings is 1. The zero-order valence-corrected chi connectivity index (χ0v) is 25.1. The molecule has 3 aromatic heterocycles. The van der Waals surface area contributed by atoms with Gasteiger partial charge in [0.15, 0.2) is 11.4 Å². The summed E-state index contributed by atoms with van der Waals surface area (Å²) in [7, 11) is 0. The molecule has 0 radical (unpaired) electrons. The first-order chi connectivity index (χ1) is 21.9. The first-order valence-corrected chi connectivity index (χ1v) is 14.9. The molecule has 236 valence electrons. The summed E-state index contributed by atoms with van der Waals surface area (Å²) in [6, 6.07) is 17.6. The second kappa shape index (κ2) is 10.9. The summed E-state index contributed by atoms with van der Waals surface area (Å²) >= 11 is 0. The summed E-state index contributed by atoms with van der Waals surface area (Å²) in [5, 5.41) is 32.7. The third-order valence-corrected chi connectivity index (χ3v) is 8.77. The molecule has 1 saturated heterocycles. The number of aliphatic hydroxyl groups is 2. The molecule has 10 nitrogen and oxygen atoms in total. The molecular formula is C33H31F3N8O2. The minimum Gasteiger partial charge on any atom is -0.384 e. The van der Waals surface area contributed by atoms with Crippen molar-refractivity contribution < 1.29 is 23.4 Å². The first-order valence-electron chi connectivity index (χ1n) is 14.9. The average molecular weight is 629 g/mol. The maximum atomic E-state index is 16.1. The van der Waals surface area contributed by atoms with Crippen molar-refractivity contribution in [2.24, 2.45) is 0 Å². The van der Waals surface area contributed by atoms with Crippen LogP contribution >= 0.6 is 0 Å². The summed E-state index contributed by atoms with van der Waals surface area (Å²) in [5.41, 5.74) is -0.440. The number of nitrogens with zero attached hydrogens (tertiary/aromatic N) is 8. The monoisotopic (exact) mass is 628 g/mol. The molecule has 5 aromatic rings. The molecule has 2 aliphatic rings. The molecule has 0 saturated carbocycles. The van der Waals surface area contributed by atoms with E-state index in [9.17, 15) is 14.6 Å². The van der Waals surface area contributed by atoms with Crippen LogP contribution in [0.2, 0.25) is 0 Å². The normalized spacial score (nSPS) is 18.3. The van der Waals surface area contributed by atoms with Gasteiger partial charge in [-0.15, -0.1) is 5.10 Å². The molecular weight excluding hydrogens is 597 g/mol. The van der Waals surface area contributed by atoms with E-state index >= 15 is 8.78 Å². The Bertz CT molecular complexity index is 1870. The number of aromatic nitrogens is 6. The minimum atomic E-state index is -3.86. The number of hydrogen-bond donors (Lipinski definition) is 2. The molecule has 0 aliphatic carbocycles. The Balaban J connectivity index is 1.05. The molecule has 5 heterocycles. The summed E-state index contributed by atoms with van der Waals surface area (Å²) < 4.78 is 47.3. The van der Waals surface area contributed by atoms with E-state index in [-0.39, 0.29) is 17.0 Å². The van der Waals surface area contributed by atoms with E-state index in [2.05, 4.69) is 35.3 Å². The quantitative estimate of drug-likeness (QED) is 0.281. The number of halogens is 3. The lowest BCUT2D eigenvalue weighted by Gasteiger charge is -2.39. The van der Waals surface area contributed by atoms with E-state index in [1.54, 1.807) is 26.1 Å². The van der Waals surface area contributed by atoms with Gasteiger partial charge in [0.05, 0.1) is 24.1 Å². The first kappa shape index (κ1) is 29.8. The van der Waals surface area contributed by atoms with Crippen molar-refractivity contribution in [2.75, 3.05) is 36.0 Å². The Kier molecular flexibility index (Phi) is 7.05. The van der Waals surface area contributed by atoms with E-state index in [0.717, 1.165) is 66.0 Å². The van der Waals surface area contributed by atoms with E-state index in [1.807, 2.05) is 36.4 Å². The second-order valence-corrected chi connectivity index (χ2v) is 12.2. The van der Waals surface area contributed by atoms with Crippen LogP contribution < -0.4 is 9.80 Å². The van der Waals surface area contributed by atoms with Crippen LogP contribution in [0.15, 0.2) is 79.1 Å². The summed E-state index contributed by atoms with van der Waals surface area (Å²) in [6.07, 6.45) is 3.15. The molecule has 0 spiro atoms. The highest BCUT2D eigenvalue weighted by Gasteiger charge is 2.59. The van der Waals surface area contributed by atoms with Gasteiger partial charge < -0.3 is 20.0 Å². The lowest BCUT2D eigenvalue weighted by Crippen LogP contribution is -2.49. The molecule has 13 heteroatoms. The van der Waals surface area contributed by atoms with Crippen LogP contribution in [0, 0.1) is 5.82 Å². The van der Waals surface area contributed by atoms with Crippen LogP contribution in [0.25, 0.3) is 22.5 Å². The number of anilines is 2. The number of hydrogen-bond acceptors (Lipinski definition) is 9. The fourth-order valence-corrected chi connectivity index (χ4v) is 6.12. The van der Waals surface area contributed by atoms with Gasteiger partial charge in [0.1, 0.15) is 17.1 Å². The number of rotatable bonds is 6. The van der Waals surface area contributed by atoms with Crippen molar-refractivity contribution in [3.05, 3.63) is 102 Å². The van der Waals surface area contributed by atoms with Gasteiger partial charge in [-0.1, -0.05) is 24.3 Å². The Morgan fingerprint density at radius 2 is 1.41 bits per heavy atom. The van der Waals surface area contributed by atoms with Gasteiger partial charge in [-0.2, -0.15) is 8.78 Å². The number of fused-ring (bicyclic) bond motifs is 3. The predicted molar refractivity (Wildman–Crippen MR) is 165 cm³/mol. The Morgan fingerprint density at radius 3 is 2.04 bits per heavy atom. The zero-order chi connectivity index (χ0) is 32.3. The van der Waals surface area contributed by atoms with E-state index in [1.165, 1.54) is 12.3 Å². The van der Waals surface area contributed by atoms with Gasteiger partial charge in [-0.25, -0.2) is 9.07 Å². The van der Waals surface area contributed by atoms with Crippen LogP contribution in [0.4, 0.5) is 24.5 Å².